The Balaban J connectivity index is 1.77. The van der Waals surface area contributed by atoms with Gasteiger partial charge in [-0.2, -0.15) is 0 Å². The Morgan fingerprint density at radius 3 is 2.05 bits per heavy atom. The highest BCUT2D eigenvalue weighted by atomic mass is 16.5. The van der Waals surface area contributed by atoms with Gasteiger partial charge in [0, 0.05) is 11.9 Å². The molecule has 0 aliphatic heterocycles. The molecule has 2 aromatic carbocycles. The molecule has 0 N–H and O–H groups in total. The van der Waals surface area contributed by atoms with Crippen molar-refractivity contribution in [1.29, 1.82) is 0 Å². The fraction of sp³-hybridized carbons (Fsp3) is 0.0556. The molecule has 4 heteroatoms. The Morgan fingerprint density at radius 2 is 1.45 bits per heavy atom. The molecule has 0 saturated carbocycles. The zero-order valence-electron chi connectivity index (χ0n) is 12.1. The van der Waals surface area contributed by atoms with Crippen LogP contribution in [0.15, 0.2) is 66.9 Å². The van der Waals surface area contributed by atoms with Crippen LogP contribution in [0.2, 0.25) is 0 Å². The Kier molecular flexibility index (Phi) is 3.92. The summed E-state index contributed by atoms with van der Waals surface area (Å²) < 4.78 is 12.7. The first-order chi connectivity index (χ1) is 10.8. The first-order valence-electron chi connectivity index (χ1n) is 6.85. The molecule has 0 unspecified atom stereocenters. The highest BCUT2D eigenvalue weighted by Crippen LogP contribution is 2.25. The summed E-state index contributed by atoms with van der Waals surface area (Å²) in [5.74, 6) is 2.26. The maximum absolute atomic E-state index is 11.0. The second-order valence-electron chi connectivity index (χ2n) is 4.69. The fourth-order valence-electron chi connectivity index (χ4n) is 2.18. The molecule has 110 valence electrons. The summed E-state index contributed by atoms with van der Waals surface area (Å²) in [6.45, 7) is 0. The summed E-state index contributed by atoms with van der Waals surface area (Å²) in [6, 6.07) is 18.6. The Morgan fingerprint density at radius 1 is 0.864 bits per heavy atom. The normalized spacial score (nSPS) is 10.2. The molecule has 1 heterocycles. The largest absolute Gasteiger partial charge is 0.497 e. The van der Waals surface area contributed by atoms with E-state index in [4.69, 9.17) is 9.47 Å². The number of rotatable bonds is 5. The third kappa shape index (κ3) is 2.86. The molecule has 0 amide bonds. The van der Waals surface area contributed by atoms with Crippen molar-refractivity contribution in [3.8, 4) is 22.9 Å². The Bertz CT molecular complexity index is 758. The zero-order chi connectivity index (χ0) is 15.4. The highest BCUT2D eigenvalue weighted by molar-refractivity contribution is 5.73. The monoisotopic (exact) mass is 293 g/mol. The van der Waals surface area contributed by atoms with Gasteiger partial charge in [0.1, 0.15) is 17.2 Å². The molecule has 0 spiro atoms. The number of hydrogen-bond donors (Lipinski definition) is 0. The van der Waals surface area contributed by atoms with E-state index < -0.39 is 0 Å². The third-order valence-electron chi connectivity index (χ3n) is 3.31. The lowest BCUT2D eigenvalue weighted by Gasteiger charge is -2.09. The van der Waals surface area contributed by atoms with E-state index >= 15 is 0 Å². The van der Waals surface area contributed by atoms with E-state index in [2.05, 4.69) is 0 Å². The maximum Gasteiger partial charge on any atom is 0.166 e. The first-order valence-corrected chi connectivity index (χ1v) is 6.85. The van der Waals surface area contributed by atoms with Crippen molar-refractivity contribution in [3.05, 3.63) is 72.6 Å². The SMILES string of the molecule is COc1ccc(Oc2ccc(-n3cccc3C=O)cc2)cc1. The maximum atomic E-state index is 11.0. The van der Waals surface area contributed by atoms with E-state index in [0.29, 0.717) is 5.69 Å². The minimum atomic E-state index is 0.615. The Hall–Kier alpha value is -3.01. The van der Waals surface area contributed by atoms with Crippen molar-refractivity contribution >= 4 is 6.29 Å². The first kappa shape index (κ1) is 13.9. The lowest BCUT2D eigenvalue weighted by molar-refractivity contribution is 0.111. The minimum absolute atomic E-state index is 0.615. The molecule has 0 saturated heterocycles. The van der Waals surface area contributed by atoms with Crippen molar-refractivity contribution in [2.24, 2.45) is 0 Å². The minimum Gasteiger partial charge on any atom is -0.497 e. The van der Waals surface area contributed by atoms with Gasteiger partial charge in [-0.3, -0.25) is 4.79 Å². The van der Waals surface area contributed by atoms with Gasteiger partial charge < -0.3 is 14.0 Å². The predicted octanol–water partition coefficient (Wildman–Crippen LogP) is 4.09. The quantitative estimate of drug-likeness (QED) is 0.665. The third-order valence-corrected chi connectivity index (χ3v) is 3.31. The van der Waals surface area contributed by atoms with E-state index in [1.807, 2.05) is 65.4 Å². The van der Waals surface area contributed by atoms with Crippen molar-refractivity contribution in [2.75, 3.05) is 7.11 Å². The number of carbonyl (C=O) groups excluding carboxylic acids is 1. The van der Waals surface area contributed by atoms with Crippen LogP contribution in [0.1, 0.15) is 10.5 Å². The molecule has 3 aromatic rings. The summed E-state index contributed by atoms with van der Waals surface area (Å²) in [4.78, 5) is 11.0. The number of aldehydes is 1. The molecule has 22 heavy (non-hydrogen) atoms. The summed E-state index contributed by atoms with van der Waals surface area (Å²) in [5.41, 5.74) is 1.53. The Labute approximate surface area is 128 Å². The van der Waals surface area contributed by atoms with Gasteiger partial charge in [0.25, 0.3) is 0 Å². The van der Waals surface area contributed by atoms with Crippen LogP contribution < -0.4 is 9.47 Å². The van der Waals surface area contributed by atoms with E-state index in [1.165, 1.54) is 0 Å². The second kappa shape index (κ2) is 6.18. The molecule has 0 bridgehead atoms. The van der Waals surface area contributed by atoms with Crippen LogP contribution in [0, 0.1) is 0 Å². The number of aromatic nitrogens is 1. The molecule has 0 radical (unpaired) electrons. The van der Waals surface area contributed by atoms with E-state index in [1.54, 1.807) is 13.2 Å². The molecule has 4 nitrogen and oxygen atoms in total. The standard InChI is InChI=1S/C18H15NO3/c1-21-16-8-10-18(11-9-16)22-17-6-4-14(5-7-17)19-12-2-3-15(19)13-20/h2-13H,1H3. The highest BCUT2D eigenvalue weighted by Gasteiger charge is 2.03. The number of ether oxygens (including phenoxy) is 2. The summed E-state index contributed by atoms with van der Waals surface area (Å²) in [5, 5.41) is 0. The van der Waals surface area contributed by atoms with Gasteiger partial charge >= 0.3 is 0 Å². The van der Waals surface area contributed by atoms with Crippen LogP contribution >= 0.6 is 0 Å². The number of hydrogen-bond acceptors (Lipinski definition) is 3. The molecule has 0 aliphatic carbocycles. The molecule has 0 atom stereocenters. The van der Waals surface area contributed by atoms with Crippen LogP contribution in [0.5, 0.6) is 17.2 Å². The number of nitrogens with zero attached hydrogens (tertiary/aromatic N) is 1. The second-order valence-corrected chi connectivity index (χ2v) is 4.69. The lowest BCUT2D eigenvalue weighted by atomic mass is 10.3. The number of methoxy groups -OCH3 is 1. The van der Waals surface area contributed by atoms with Crippen LogP contribution in [0.3, 0.4) is 0 Å². The van der Waals surface area contributed by atoms with Gasteiger partial charge in [-0.25, -0.2) is 0 Å². The zero-order valence-corrected chi connectivity index (χ0v) is 12.1. The molecule has 0 aliphatic rings. The molecular formula is C18H15NO3. The van der Waals surface area contributed by atoms with Gasteiger partial charge in [0.05, 0.1) is 12.8 Å². The van der Waals surface area contributed by atoms with Crippen LogP contribution in [-0.4, -0.2) is 18.0 Å². The van der Waals surface area contributed by atoms with Gasteiger partial charge in [-0.1, -0.05) is 0 Å². The van der Waals surface area contributed by atoms with Gasteiger partial charge in [-0.15, -0.1) is 0 Å². The predicted molar refractivity (Wildman–Crippen MR) is 84.2 cm³/mol. The number of carbonyl (C=O) groups is 1. The van der Waals surface area contributed by atoms with E-state index in [-0.39, 0.29) is 0 Å². The van der Waals surface area contributed by atoms with Crippen molar-refractivity contribution in [1.82, 2.24) is 4.57 Å². The number of benzene rings is 2. The lowest BCUT2D eigenvalue weighted by Crippen LogP contribution is -1.97. The summed E-state index contributed by atoms with van der Waals surface area (Å²) in [6.07, 6.45) is 2.69. The van der Waals surface area contributed by atoms with Gasteiger partial charge in [-0.05, 0) is 60.7 Å². The average molecular weight is 293 g/mol. The molecule has 1 aromatic heterocycles. The van der Waals surface area contributed by atoms with Crippen molar-refractivity contribution < 1.29 is 14.3 Å². The van der Waals surface area contributed by atoms with Crippen molar-refractivity contribution in [2.45, 2.75) is 0 Å². The summed E-state index contributed by atoms with van der Waals surface area (Å²) in [7, 11) is 1.63. The van der Waals surface area contributed by atoms with Crippen LogP contribution in [-0.2, 0) is 0 Å². The van der Waals surface area contributed by atoms with Gasteiger partial charge in [0.2, 0.25) is 0 Å². The summed E-state index contributed by atoms with van der Waals surface area (Å²) >= 11 is 0. The van der Waals surface area contributed by atoms with Crippen molar-refractivity contribution in [3.63, 3.8) is 0 Å². The topological polar surface area (TPSA) is 40.5 Å². The smallest absolute Gasteiger partial charge is 0.166 e. The van der Waals surface area contributed by atoms with Gasteiger partial charge in [0.15, 0.2) is 6.29 Å². The fourth-order valence-corrected chi connectivity index (χ4v) is 2.18. The van der Waals surface area contributed by atoms with Crippen LogP contribution in [0.25, 0.3) is 5.69 Å². The average Bonchev–Trinajstić information content (AvgIpc) is 3.05. The van der Waals surface area contributed by atoms with Crippen LogP contribution in [0.4, 0.5) is 0 Å². The molecule has 3 rings (SSSR count). The van der Waals surface area contributed by atoms with E-state index in [0.717, 1.165) is 29.2 Å². The molecular weight excluding hydrogens is 278 g/mol. The molecule has 0 fully saturated rings. The van der Waals surface area contributed by atoms with E-state index in [9.17, 15) is 4.79 Å².